The molecule has 1 aliphatic heterocycles. The Morgan fingerprint density at radius 3 is 2.82 bits per heavy atom. The van der Waals surface area contributed by atoms with Gasteiger partial charge in [0, 0.05) is 12.1 Å². The van der Waals surface area contributed by atoms with Crippen molar-refractivity contribution in [3.05, 3.63) is 30.1 Å². The molecule has 0 unspecified atom stereocenters. The van der Waals surface area contributed by atoms with E-state index in [1.54, 1.807) is 0 Å². The van der Waals surface area contributed by atoms with Crippen molar-refractivity contribution in [3.8, 4) is 0 Å². The Morgan fingerprint density at radius 1 is 1.53 bits per heavy atom. The molecule has 2 rings (SSSR count). The van der Waals surface area contributed by atoms with Crippen LogP contribution in [0.15, 0.2) is 29.4 Å². The van der Waals surface area contributed by atoms with Crippen molar-refractivity contribution in [2.24, 2.45) is 5.16 Å². The zero-order chi connectivity index (χ0) is 12.3. The zero-order valence-electron chi connectivity index (χ0n) is 9.44. The summed E-state index contributed by atoms with van der Waals surface area (Å²) in [5.74, 6) is -0.597. The molecule has 1 aromatic carbocycles. The van der Waals surface area contributed by atoms with Crippen LogP contribution in [-0.4, -0.2) is 17.7 Å². The van der Waals surface area contributed by atoms with E-state index < -0.39 is 6.10 Å². The maximum Gasteiger partial charge on any atom is 0.268 e. The number of oxime groups is 1. The van der Waals surface area contributed by atoms with E-state index in [9.17, 15) is 9.18 Å². The molecule has 0 radical (unpaired) electrons. The number of nitrogens with zero attached hydrogens (tertiary/aromatic N) is 1. The molecule has 1 aliphatic rings. The molecule has 0 spiro atoms. The second kappa shape index (κ2) is 4.95. The number of carbonyl (C=O) groups is 1. The molecule has 1 atom stereocenters. The molecule has 17 heavy (non-hydrogen) atoms. The van der Waals surface area contributed by atoms with Crippen LogP contribution in [0.25, 0.3) is 0 Å². The topological polar surface area (TPSA) is 50.7 Å². The first-order valence-corrected chi connectivity index (χ1v) is 5.47. The minimum Gasteiger partial charge on any atom is -0.382 e. The standard InChI is InChI=1S/C12H13FN2O2/c1-2-9-7-11(17-15-9)12(16)14-10-5-3-8(13)4-6-10/h3-6,11H,2,7H2,1H3,(H,14,16)/t11-/m1/s1. The highest BCUT2D eigenvalue weighted by Crippen LogP contribution is 2.15. The highest BCUT2D eigenvalue weighted by atomic mass is 19.1. The lowest BCUT2D eigenvalue weighted by Crippen LogP contribution is -2.27. The molecular weight excluding hydrogens is 223 g/mol. The van der Waals surface area contributed by atoms with Crippen LogP contribution in [0, 0.1) is 5.82 Å². The third kappa shape index (κ3) is 2.81. The summed E-state index contributed by atoms with van der Waals surface area (Å²) in [6.45, 7) is 1.96. The van der Waals surface area contributed by atoms with Crippen LogP contribution >= 0.6 is 0 Å². The Balaban J connectivity index is 1.92. The van der Waals surface area contributed by atoms with Crippen molar-refractivity contribution in [2.45, 2.75) is 25.9 Å². The van der Waals surface area contributed by atoms with Gasteiger partial charge in [-0.15, -0.1) is 0 Å². The third-order valence-corrected chi connectivity index (χ3v) is 2.54. The van der Waals surface area contributed by atoms with E-state index in [4.69, 9.17) is 4.84 Å². The van der Waals surface area contributed by atoms with Crippen LogP contribution in [0.5, 0.6) is 0 Å². The summed E-state index contributed by atoms with van der Waals surface area (Å²) in [7, 11) is 0. The van der Waals surface area contributed by atoms with Gasteiger partial charge >= 0.3 is 0 Å². The van der Waals surface area contributed by atoms with E-state index in [-0.39, 0.29) is 11.7 Å². The van der Waals surface area contributed by atoms with Crippen LogP contribution in [0.1, 0.15) is 19.8 Å². The highest BCUT2D eigenvalue weighted by Gasteiger charge is 2.27. The normalized spacial score (nSPS) is 18.5. The van der Waals surface area contributed by atoms with E-state index in [1.807, 2.05) is 6.92 Å². The number of rotatable bonds is 3. The van der Waals surface area contributed by atoms with E-state index in [1.165, 1.54) is 24.3 Å². The fourth-order valence-corrected chi connectivity index (χ4v) is 1.53. The number of hydrogen-bond acceptors (Lipinski definition) is 3. The van der Waals surface area contributed by atoms with Gasteiger partial charge in [-0.25, -0.2) is 4.39 Å². The molecule has 0 saturated heterocycles. The quantitative estimate of drug-likeness (QED) is 0.875. The minimum absolute atomic E-state index is 0.260. The van der Waals surface area contributed by atoms with Gasteiger partial charge in [0.1, 0.15) is 5.82 Å². The van der Waals surface area contributed by atoms with Gasteiger partial charge in [-0.05, 0) is 30.7 Å². The van der Waals surface area contributed by atoms with Gasteiger partial charge in [0.15, 0.2) is 0 Å². The zero-order valence-corrected chi connectivity index (χ0v) is 9.44. The summed E-state index contributed by atoms with van der Waals surface area (Å²) in [4.78, 5) is 16.8. The van der Waals surface area contributed by atoms with Crippen molar-refractivity contribution in [3.63, 3.8) is 0 Å². The monoisotopic (exact) mass is 236 g/mol. The Morgan fingerprint density at radius 2 is 2.24 bits per heavy atom. The summed E-state index contributed by atoms with van der Waals surface area (Å²) in [5.41, 5.74) is 1.43. The molecule has 0 fully saturated rings. The molecule has 4 nitrogen and oxygen atoms in total. The van der Waals surface area contributed by atoms with Gasteiger partial charge in [-0.2, -0.15) is 0 Å². The van der Waals surface area contributed by atoms with Crippen LogP contribution in [-0.2, 0) is 9.63 Å². The fourth-order valence-electron chi connectivity index (χ4n) is 1.53. The van der Waals surface area contributed by atoms with Crippen molar-refractivity contribution < 1.29 is 14.0 Å². The number of hydrogen-bond donors (Lipinski definition) is 1. The van der Waals surface area contributed by atoms with Crippen LogP contribution < -0.4 is 5.32 Å². The molecule has 1 heterocycles. The van der Waals surface area contributed by atoms with Crippen LogP contribution in [0.2, 0.25) is 0 Å². The maximum atomic E-state index is 12.7. The van der Waals surface area contributed by atoms with Gasteiger partial charge in [0.2, 0.25) is 6.10 Å². The number of nitrogens with one attached hydrogen (secondary N) is 1. The number of amides is 1. The maximum absolute atomic E-state index is 12.7. The number of carbonyl (C=O) groups excluding carboxylic acids is 1. The average Bonchev–Trinajstić information content (AvgIpc) is 2.81. The number of halogens is 1. The summed E-state index contributed by atoms with van der Waals surface area (Å²) < 4.78 is 12.7. The smallest absolute Gasteiger partial charge is 0.268 e. The lowest BCUT2D eigenvalue weighted by Gasteiger charge is -2.09. The van der Waals surface area contributed by atoms with Crippen molar-refractivity contribution >= 4 is 17.3 Å². The third-order valence-electron chi connectivity index (χ3n) is 2.54. The first kappa shape index (κ1) is 11.6. The van der Waals surface area contributed by atoms with Crippen LogP contribution in [0.4, 0.5) is 10.1 Å². The first-order chi connectivity index (χ1) is 8.19. The number of benzene rings is 1. The van der Waals surface area contributed by atoms with E-state index in [2.05, 4.69) is 10.5 Å². The predicted molar refractivity (Wildman–Crippen MR) is 62.2 cm³/mol. The van der Waals surface area contributed by atoms with Crippen molar-refractivity contribution in [1.82, 2.24) is 0 Å². The van der Waals surface area contributed by atoms with Crippen LogP contribution in [0.3, 0.4) is 0 Å². The first-order valence-electron chi connectivity index (χ1n) is 5.47. The highest BCUT2D eigenvalue weighted by molar-refractivity contribution is 5.99. The largest absolute Gasteiger partial charge is 0.382 e. The van der Waals surface area contributed by atoms with E-state index in [0.29, 0.717) is 12.1 Å². The Kier molecular flexibility index (Phi) is 3.37. The minimum atomic E-state index is -0.574. The Bertz CT molecular complexity index is 442. The summed E-state index contributed by atoms with van der Waals surface area (Å²) in [6, 6.07) is 5.59. The molecule has 1 N–H and O–H groups in total. The lowest BCUT2D eigenvalue weighted by atomic mass is 10.1. The van der Waals surface area contributed by atoms with Gasteiger partial charge in [0.05, 0.1) is 5.71 Å². The molecule has 90 valence electrons. The summed E-state index contributed by atoms with van der Waals surface area (Å²) >= 11 is 0. The lowest BCUT2D eigenvalue weighted by molar-refractivity contribution is -0.125. The van der Waals surface area contributed by atoms with Crippen molar-refractivity contribution in [1.29, 1.82) is 0 Å². The van der Waals surface area contributed by atoms with Gasteiger partial charge in [-0.3, -0.25) is 4.79 Å². The molecule has 1 amide bonds. The Hall–Kier alpha value is -1.91. The molecule has 0 aliphatic carbocycles. The summed E-state index contributed by atoms with van der Waals surface area (Å²) in [5, 5.41) is 6.46. The second-order valence-electron chi connectivity index (χ2n) is 3.81. The van der Waals surface area contributed by atoms with Gasteiger partial charge in [0.25, 0.3) is 5.91 Å². The summed E-state index contributed by atoms with van der Waals surface area (Å²) in [6.07, 6.45) is 0.721. The molecule has 0 bridgehead atoms. The molecular formula is C12H13FN2O2. The van der Waals surface area contributed by atoms with Gasteiger partial charge < -0.3 is 10.2 Å². The average molecular weight is 236 g/mol. The molecule has 0 saturated carbocycles. The Labute approximate surface area is 98.5 Å². The van der Waals surface area contributed by atoms with Crippen molar-refractivity contribution in [2.75, 3.05) is 5.32 Å². The molecule has 5 heteroatoms. The predicted octanol–water partition coefficient (Wildman–Crippen LogP) is 2.32. The molecule has 0 aromatic heterocycles. The van der Waals surface area contributed by atoms with E-state index in [0.717, 1.165) is 12.1 Å². The SMILES string of the molecule is CCC1=NO[C@@H](C(=O)Nc2ccc(F)cc2)C1. The van der Waals surface area contributed by atoms with Gasteiger partial charge in [-0.1, -0.05) is 12.1 Å². The van der Waals surface area contributed by atoms with E-state index >= 15 is 0 Å². The number of anilines is 1. The fraction of sp³-hybridized carbons (Fsp3) is 0.333. The molecule has 1 aromatic rings. The second-order valence-corrected chi connectivity index (χ2v) is 3.81.